The number of amides is 2. The van der Waals surface area contributed by atoms with Gasteiger partial charge in [0.25, 0.3) is 0 Å². The van der Waals surface area contributed by atoms with Gasteiger partial charge in [-0.15, -0.1) is 0 Å². The van der Waals surface area contributed by atoms with Gasteiger partial charge in [0, 0.05) is 0 Å². The maximum atomic E-state index is 13.4. The van der Waals surface area contributed by atoms with Crippen LogP contribution in [0.25, 0.3) is 0 Å². The number of urea groups is 1. The molecule has 0 aromatic heterocycles. The highest BCUT2D eigenvalue weighted by atomic mass is 19.2. The van der Waals surface area contributed by atoms with Crippen molar-refractivity contribution < 1.29 is 26.7 Å². The van der Waals surface area contributed by atoms with E-state index in [9.17, 15) is 26.7 Å². The third-order valence-electron chi connectivity index (χ3n) is 3.07. The van der Waals surface area contributed by atoms with Gasteiger partial charge >= 0.3 is 6.03 Å². The van der Waals surface area contributed by atoms with E-state index in [4.69, 9.17) is 0 Å². The topological polar surface area (TPSA) is 41.1 Å². The van der Waals surface area contributed by atoms with E-state index in [1.807, 2.05) is 5.32 Å². The summed E-state index contributed by atoms with van der Waals surface area (Å²) in [6.07, 6.45) is 0. The second kappa shape index (κ2) is 6.64. The number of carbonyl (C=O) groups is 1. The van der Waals surface area contributed by atoms with Crippen molar-refractivity contribution in [2.75, 3.05) is 5.32 Å². The van der Waals surface area contributed by atoms with Crippen LogP contribution in [0.15, 0.2) is 30.3 Å². The molecule has 3 nitrogen and oxygen atoms in total. The van der Waals surface area contributed by atoms with Gasteiger partial charge in [0.15, 0.2) is 29.1 Å². The monoisotopic (exact) mass is 330 g/mol. The van der Waals surface area contributed by atoms with E-state index in [1.54, 1.807) is 0 Å². The van der Waals surface area contributed by atoms with Gasteiger partial charge in [-0.25, -0.2) is 26.7 Å². The molecule has 0 heterocycles. The Labute approximate surface area is 128 Å². The van der Waals surface area contributed by atoms with Crippen LogP contribution in [0, 0.1) is 29.1 Å². The smallest absolute Gasteiger partial charge is 0.319 e. The van der Waals surface area contributed by atoms with Gasteiger partial charge < -0.3 is 10.6 Å². The summed E-state index contributed by atoms with van der Waals surface area (Å²) in [5.41, 5.74) is -0.288. The SMILES string of the molecule is CC(NC(=O)Nc1ccc(F)c(F)c1F)c1ccc(F)c(F)c1. The Bertz CT molecular complexity index is 751. The number of carbonyl (C=O) groups excluding carboxylic acids is 1. The van der Waals surface area contributed by atoms with Crippen LogP contribution >= 0.6 is 0 Å². The number of halogens is 5. The quantitative estimate of drug-likeness (QED) is 0.641. The first-order valence-electron chi connectivity index (χ1n) is 6.45. The molecule has 8 heteroatoms. The predicted molar refractivity (Wildman–Crippen MR) is 73.2 cm³/mol. The summed E-state index contributed by atoms with van der Waals surface area (Å²) in [6, 6.07) is 2.92. The molecular formula is C15H11F5N2O. The number of anilines is 1. The Balaban J connectivity index is 2.07. The average Bonchev–Trinajstić information content (AvgIpc) is 2.50. The molecule has 0 bridgehead atoms. The minimum atomic E-state index is -1.71. The van der Waals surface area contributed by atoms with Gasteiger partial charge in [-0.1, -0.05) is 6.07 Å². The molecule has 0 fully saturated rings. The van der Waals surface area contributed by atoms with Crippen LogP contribution in [-0.4, -0.2) is 6.03 Å². The highest BCUT2D eigenvalue weighted by Gasteiger charge is 2.17. The van der Waals surface area contributed by atoms with Crippen molar-refractivity contribution >= 4 is 11.7 Å². The minimum absolute atomic E-state index is 0.268. The lowest BCUT2D eigenvalue weighted by atomic mass is 10.1. The lowest BCUT2D eigenvalue weighted by Crippen LogP contribution is -2.31. The molecule has 2 aromatic carbocycles. The van der Waals surface area contributed by atoms with Crippen molar-refractivity contribution in [2.45, 2.75) is 13.0 Å². The molecule has 0 spiro atoms. The normalized spacial score (nSPS) is 11.9. The van der Waals surface area contributed by atoms with Gasteiger partial charge in [-0.2, -0.15) is 0 Å². The highest BCUT2D eigenvalue weighted by molar-refractivity contribution is 5.89. The van der Waals surface area contributed by atoms with Crippen LogP contribution in [0.4, 0.5) is 32.4 Å². The Morgan fingerprint density at radius 1 is 0.913 bits per heavy atom. The molecule has 2 amide bonds. The van der Waals surface area contributed by atoms with Crippen molar-refractivity contribution in [1.82, 2.24) is 5.32 Å². The van der Waals surface area contributed by atoms with Gasteiger partial charge in [-0.3, -0.25) is 0 Å². The molecule has 2 N–H and O–H groups in total. The maximum Gasteiger partial charge on any atom is 0.319 e. The van der Waals surface area contributed by atoms with E-state index in [-0.39, 0.29) is 5.56 Å². The predicted octanol–water partition coefficient (Wildman–Crippen LogP) is 4.26. The molecule has 0 saturated heterocycles. The third kappa shape index (κ3) is 3.77. The van der Waals surface area contributed by atoms with Crippen LogP contribution in [0.5, 0.6) is 0 Å². The van der Waals surface area contributed by atoms with Crippen LogP contribution in [0.2, 0.25) is 0 Å². The van der Waals surface area contributed by atoms with Crippen molar-refractivity contribution in [3.63, 3.8) is 0 Å². The summed E-state index contributed by atoms with van der Waals surface area (Å²) in [4.78, 5) is 11.7. The molecule has 2 rings (SSSR count). The fourth-order valence-electron chi connectivity index (χ4n) is 1.84. The number of hydrogen-bond donors (Lipinski definition) is 2. The molecule has 2 aromatic rings. The first kappa shape index (κ1) is 16.7. The zero-order valence-electron chi connectivity index (χ0n) is 11.8. The minimum Gasteiger partial charge on any atom is -0.331 e. The van der Waals surface area contributed by atoms with Crippen LogP contribution in [-0.2, 0) is 0 Å². The third-order valence-corrected chi connectivity index (χ3v) is 3.07. The zero-order valence-corrected chi connectivity index (χ0v) is 11.8. The van der Waals surface area contributed by atoms with Crippen LogP contribution < -0.4 is 10.6 Å². The Morgan fingerprint density at radius 2 is 1.57 bits per heavy atom. The van der Waals surface area contributed by atoms with E-state index in [0.29, 0.717) is 6.07 Å². The first-order valence-corrected chi connectivity index (χ1v) is 6.45. The Kier molecular flexibility index (Phi) is 4.83. The van der Waals surface area contributed by atoms with Crippen molar-refractivity contribution in [1.29, 1.82) is 0 Å². The van der Waals surface area contributed by atoms with Gasteiger partial charge in [0.2, 0.25) is 0 Å². The molecule has 1 unspecified atom stereocenters. The van der Waals surface area contributed by atoms with Crippen LogP contribution in [0.1, 0.15) is 18.5 Å². The molecule has 0 radical (unpaired) electrons. The Morgan fingerprint density at radius 3 is 2.22 bits per heavy atom. The summed E-state index contributed by atoms with van der Waals surface area (Å²) in [6.45, 7) is 1.48. The summed E-state index contributed by atoms with van der Waals surface area (Å²) < 4.78 is 65.2. The highest BCUT2D eigenvalue weighted by Crippen LogP contribution is 2.20. The Hall–Kier alpha value is -2.64. The van der Waals surface area contributed by atoms with Gasteiger partial charge in [0.1, 0.15) is 0 Å². The molecule has 1 atom stereocenters. The molecular weight excluding hydrogens is 319 g/mol. The number of rotatable bonds is 3. The largest absolute Gasteiger partial charge is 0.331 e. The molecule has 0 aliphatic heterocycles. The number of hydrogen-bond acceptors (Lipinski definition) is 1. The number of benzene rings is 2. The second-order valence-corrected chi connectivity index (χ2v) is 4.72. The zero-order chi connectivity index (χ0) is 17.1. The number of nitrogens with one attached hydrogen (secondary N) is 2. The van der Waals surface area contributed by atoms with E-state index in [0.717, 1.165) is 18.2 Å². The summed E-state index contributed by atoms with van der Waals surface area (Å²) in [5, 5.41) is 4.34. The molecule has 122 valence electrons. The lowest BCUT2D eigenvalue weighted by Gasteiger charge is -2.15. The van der Waals surface area contributed by atoms with Crippen molar-refractivity contribution in [3.8, 4) is 0 Å². The second-order valence-electron chi connectivity index (χ2n) is 4.72. The summed E-state index contributed by atoms with van der Waals surface area (Å²) in [5.74, 6) is -6.75. The molecule has 0 aliphatic rings. The molecule has 0 saturated carbocycles. The van der Waals surface area contributed by atoms with Gasteiger partial charge in [0.05, 0.1) is 11.7 Å². The maximum absolute atomic E-state index is 13.4. The van der Waals surface area contributed by atoms with E-state index >= 15 is 0 Å². The van der Waals surface area contributed by atoms with E-state index < -0.39 is 46.8 Å². The summed E-state index contributed by atoms with van der Waals surface area (Å²) in [7, 11) is 0. The standard InChI is InChI=1S/C15H11F5N2O/c1-7(8-2-3-9(16)11(18)6-8)21-15(23)22-12-5-4-10(17)13(19)14(12)20/h2-7H,1H3,(H2,21,22,23). The van der Waals surface area contributed by atoms with E-state index in [2.05, 4.69) is 5.32 Å². The van der Waals surface area contributed by atoms with Crippen molar-refractivity contribution in [3.05, 3.63) is 65.0 Å². The summed E-state index contributed by atoms with van der Waals surface area (Å²) >= 11 is 0. The van der Waals surface area contributed by atoms with Crippen LogP contribution in [0.3, 0.4) is 0 Å². The fraction of sp³-hybridized carbons (Fsp3) is 0.133. The average molecular weight is 330 g/mol. The van der Waals surface area contributed by atoms with Crippen molar-refractivity contribution in [2.24, 2.45) is 0 Å². The lowest BCUT2D eigenvalue weighted by molar-refractivity contribution is 0.249. The molecule has 23 heavy (non-hydrogen) atoms. The fourth-order valence-corrected chi connectivity index (χ4v) is 1.84. The molecule has 0 aliphatic carbocycles. The van der Waals surface area contributed by atoms with Gasteiger partial charge in [-0.05, 0) is 36.8 Å². The van der Waals surface area contributed by atoms with E-state index in [1.165, 1.54) is 13.0 Å². The first-order chi connectivity index (χ1) is 10.8.